The number of aromatic nitrogens is 3. The van der Waals surface area contributed by atoms with Crippen molar-refractivity contribution in [3.63, 3.8) is 0 Å². The summed E-state index contributed by atoms with van der Waals surface area (Å²) in [6, 6.07) is 9.24. The highest BCUT2D eigenvalue weighted by molar-refractivity contribution is 5.90. The largest absolute Gasteiger partial charge is 0.465 e. The van der Waals surface area contributed by atoms with Gasteiger partial charge in [0, 0.05) is 11.1 Å². The van der Waals surface area contributed by atoms with Gasteiger partial charge < -0.3 is 9.72 Å². The molecule has 0 aliphatic rings. The Morgan fingerprint density at radius 1 is 1.20 bits per heavy atom. The maximum atomic E-state index is 11.4. The summed E-state index contributed by atoms with van der Waals surface area (Å²) in [5.74, 6) is -0.338. The standard InChI is InChI=1S/C15H13N3O2/c1-9-12-7-13(18-14(12)17-8-16-9)10-3-5-11(6-4-10)15(19)20-2/h3-8H,1-2H3,(H,16,17,18). The maximum absolute atomic E-state index is 11.4. The number of aryl methyl sites for hydroxylation is 1. The van der Waals surface area contributed by atoms with Gasteiger partial charge in [0.05, 0.1) is 18.4 Å². The highest BCUT2D eigenvalue weighted by atomic mass is 16.5. The van der Waals surface area contributed by atoms with E-state index in [2.05, 4.69) is 19.7 Å². The first kappa shape index (κ1) is 12.3. The van der Waals surface area contributed by atoms with Crippen LogP contribution in [0.2, 0.25) is 0 Å². The van der Waals surface area contributed by atoms with Gasteiger partial charge in [-0.05, 0) is 30.7 Å². The summed E-state index contributed by atoms with van der Waals surface area (Å²) in [6.45, 7) is 1.95. The molecule has 1 aromatic carbocycles. The SMILES string of the molecule is COC(=O)c1ccc(-c2cc3c(C)ncnc3[nH]2)cc1. The van der Waals surface area contributed by atoms with E-state index in [1.54, 1.807) is 12.1 Å². The van der Waals surface area contributed by atoms with E-state index >= 15 is 0 Å². The second-order valence-electron chi connectivity index (χ2n) is 4.47. The molecular weight excluding hydrogens is 254 g/mol. The van der Waals surface area contributed by atoms with Crippen LogP contribution in [0.4, 0.5) is 0 Å². The lowest BCUT2D eigenvalue weighted by molar-refractivity contribution is 0.0601. The van der Waals surface area contributed by atoms with E-state index in [0.29, 0.717) is 5.56 Å². The molecule has 0 radical (unpaired) electrons. The van der Waals surface area contributed by atoms with Crippen LogP contribution in [0.3, 0.4) is 0 Å². The number of H-pyrrole nitrogens is 1. The van der Waals surface area contributed by atoms with E-state index in [4.69, 9.17) is 0 Å². The van der Waals surface area contributed by atoms with E-state index in [-0.39, 0.29) is 5.97 Å². The Morgan fingerprint density at radius 2 is 1.95 bits per heavy atom. The van der Waals surface area contributed by atoms with Gasteiger partial charge in [-0.2, -0.15) is 0 Å². The van der Waals surface area contributed by atoms with E-state index in [1.807, 2.05) is 25.1 Å². The first-order valence-corrected chi connectivity index (χ1v) is 6.18. The number of hydrogen-bond donors (Lipinski definition) is 1. The Morgan fingerprint density at radius 3 is 2.60 bits per heavy atom. The molecule has 0 aliphatic carbocycles. The Bertz CT molecular complexity index is 775. The summed E-state index contributed by atoms with van der Waals surface area (Å²) in [6.07, 6.45) is 1.54. The van der Waals surface area contributed by atoms with Crippen LogP contribution in [0.5, 0.6) is 0 Å². The molecule has 0 bridgehead atoms. The number of nitrogens with zero attached hydrogens (tertiary/aromatic N) is 2. The quantitative estimate of drug-likeness (QED) is 0.725. The number of esters is 1. The zero-order chi connectivity index (χ0) is 14.1. The fraction of sp³-hybridized carbons (Fsp3) is 0.133. The van der Waals surface area contributed by atoms with Crippen molar-refractivity contribution in [2.24, 2.45) is 0 Å². The zero-order valence-electron chi connectivity index (χ0n) is 11.2. The lowest BCUT2D eigenvalue weighted by Crippen LogP contribution is -2.00. The van der Waals surface area contributed by atoms with Crippen molar-refractivity contribution < 1.29 is 9.53 Å². The zero-order valence-corrected chi connectivity index (χ0v) is 11.2. The minimum Gasteiger partial charge on any atom is -0.465 e. The Kier molecular flexibility index (Phi) is 2.95. The predicted molar refractivity (Wildman–Crippen MR) is 75.4 cm³/mol. The van der Waals surface area contributed by atoms with Gasteiger partial charge in [-0.3, -0.25) is 0 Å². The van der Waals surface area contributed by atoms with Crippen molar-refractivity contribution in [2.75, 3.05) is 7.11 Å². The highest BCUT2D eigenvalue weighted by Crippen LogP contribution is 2.24. The van der Waals surface area contributed by atoms with Gasteiger partial charge in [-0.1, -0.05) is 12.1 Å². The van der Waals surface area contributed by atoms with Gasteiger partial charge in [0.25, 0.3) is 0 Å². The fourth-order valence-electron chi connectivity index (χ4n) is 2.12. The molecule has 3 aromatic rings. The number of fused-ring (bicyclic) bond motifs is 1. The minimum absolute atomic E-state index is 0.338. The van der Waals surface area contributed by atoms with Crippen molar-refractivity contribution in [1.29, 1.82) is 0 Å². The number of methoxy groups -OCH3 is 1. The van der Waals surface area contributed by atoms with Crippen molar-refractivity contribution in [3.8, 4) is 11.3 Å². The third-order valence-corrected chi connectivity index (χ3v) is 3.24. The summed E-state index contributed by atoms with van der Waals surface area (Å²) in [5.41, 5.74) is 4.20. The molecule has 0 saturated carbocycles. The number of carbonyl (C=O) groups excluding carboxylic acids is 1. The van der Waals surface area contributed by atoms with Gasteiger partial charge in [-0.15, -0.1) is 0 Å². The van der Waals surface area contributed by atoms with E-state index in [1.165, 1.54) is 13.4 Å². The lowest BCUT2D eigenvalue weighted by atomic mass is 10.1. The van der Waals surface area contributed by atoms with Gasteiger partial charge in [-0.25, -0.2) is 14.8 Å². The van der Waals surface area contributed by atoms with Crippen LogP contribution in [0.25, 0.3) is 22.3 Å². The predicted octanol–water partition coefficient (Wildman–Crippen LogP) is 2.72. The summed E-state index contributed by atoms with van der Waals surface area (Å²) in [4.78, 5) is 23.0. The van der Waals surface area contributed by atoms with Gasteiger partial charge in [0.15, 0.2) is 0 Å². The smallest absolute Gasteiger partial charge is 0.337 e. The summed E-state index contributed by atoms with van der Waals surface area (Å²) < 4.78 is 4.68. The van der Waals surface area contributed by atoms with Crippen molar-refractivity contribution in [1.82, 2.24) is 15.0 Å². The molecule has 20 heavy (non-hydrogen) atoms. The maximum Gasteiger partial charge on any atom is 0.337 e. The molecule has 0 atom stereocenters. The number of ether oxygens (including phenoxy) is 1. The number of carbonyl (C=O) groups is 1. The molecule has 2 aromatic heterocycles. The van der Waals surface area contributed by atoms with Crippen molar-refractivity contribution in [3.05, 3.63) is 47.9 Å². The summed E-state index contributed by atoms with van der Waals surface area (Å²) >= 11 is 0. The molecular formula is C15H13N3O2. The van der Waals surface area contributed by atoms with E-state index in [9.17, 15) is 4.79 Å². The minimum atomic E-state index is -0.338. The van der Waals surface area contributed by atoms with Crippen LogP contribution in [0, 0.1) is 6.92 Å². The van der Waals surface area contributed by atoms with E-state index < -0.39 is 0 Å². The van der Waals surface area contributed by atoms with Crippen molar-refractivity contribution >= 4 is 17.0 Å². The molecule has 0 saturated heterocycles. The van der Waals surface area contributed by atoms with Crippen LogP contribution in [-0.2, 0) is 4.74 Å². The average Bonchev–Trinajstić information content (AvgIpc) is 2.92. The number of aromatic amines is 1. The van der Waals surface area contributed by atoms with Crippen LogP contribution in [0.1, 0.15) is 16.1 Å². The van der Waals surface area contributed by atoms with Crippen LogP contribution in [0.15, 0.2) is 36.7 Å². The number of nitrogens with one attached hydrogen (secondary N) is 1. The number of hydrogen-bond acceptors (Lipinski definition) is 4. The first-order valence-electron chi connectivity index (χ1n) is 6.18. The van der Waals surface area contributed by atoms with Gasteiger partial charge in [0.2, 0.25) is 0 Å². The van der Waals surface area contributed by atoms with Gasteiger partial charge in [0.1, 0.15) is 12.0 Å². The Labute approximate surface area is 115 Å². The van der Waals surface area contributed by atoms with Crippen LogP contribution in [-0.4, -0.2) is 28.0 Å². The second-order valence-corrected chi connectivity index (χ2v) is 4.47. The number of benzene rings is 1. The Balaban J connectivity index is 2.02. The molecule has 2 heterocycles. The Hall–Kier alpha value is -2.69. The van der Waals surface area contributed by atoms with Crippen LogP contribution < -0.4 is 0 Å². The molecule has 0 fully saturated rings. The monoisotopic (exact) mass is 267 g/mol. The molecule has 5 heteroatoms. The highest BCUT2D eigenvalue weighted by Gasteiger charge is 2.08. The van der Waals surface area contributed by atoms with Crippen molar-refractivity contribution in [2.45, 2.75) is 6.92 Å². The number of rotatable bonds is 2. The second kappa shape index (κ2) is 4.77. The van der Waals surface area contributed by atoms with E-state index in [0.717, 1.165) is 28.0 Å². The topological polar surface area (TPSA) is 67.9 Å². The third-order valence-electron chi connectivity index (χ3n) is 3.24. The molecule has 0 spiro atoms. The molecule has 100 valence electrons. The molecule has 5 nitrogen and oxygen atoms in total. The summed E-state index contributed by atoms with van der Waals surface area (Å²) in [7, 11) is 1.37. The van der Waals surface area contributed by atoms with Gasteiger partial charge >= 0.3 is 5.97 Å². The molecule has 1 N–H and O–H groups in total. The lowest BCUT2D eigenvalue weighted by Gasteiger charge is -2.01. The molecule has 0 unspecified atom stereocenters. The molecule has 0 amide bonds. The average molecular weight is 267 g/mol. The first-order chi connectivity index (χ1) is 9.69. The third kappa shape index (κ3) is 2.03. The molecule has 3 rings (SSSR count). The molecule has 0 aliphatic heterocycles. The summed E-state index contributed by atoms with van der Waals surface area (Å²) in [5, 5.41) is 1.000. The van der Waals surface area contributed by atoms with Crippen LogP contribution >= 0.6 is 0 Å². The fourth-order valence-corrected chi connectivity index (χ4v) is 2.12. The normalized spacial score (nSPS) is 10.7.